The minimum absolute atomic E-state index is 0.346. The molecule has 4 heteroatoms. The van der Waals surface area contributed by atoms with Gasteiger partial charge in [0.1, 0.15) is 0 Å². The molecule has 64 valence electrons. The van der Waals surface area contributed by atoms with Gasteiger partial charge in [0, 0.05) is 6.61 Å². The molecule has 0 aromatic rings. The normalized spacial score (nSPS) is 12.2. The zero-order valence-corrected chi connectivity index (χ0v) is 6.75. The van der Waals surface area contributed by atoms with E-state index in [0.717, 1.165) is 6.42 Å². The molecule has 0 aliphatic heterocycles. The molecule has 0 saturated carbocycles. The molecule has 0 aliphatic carbocycles. The minimum atomic E-state index is -0.346. The Bertz CT molecular complexity index is 132. The maximum absolute atomic E-state index is 9.85. The van der Waals surface area contributed by atoms with Crippen LogP contribution in [0.15, 0.2) is 4.99 Å². The maximum Gasteiger partial charge on any atom is 0.237 e. The molecule has 0 aromatic heterocycles. The number of hydrogen-bond acceptors (Lipinski definition) is 4. The second kappa shape index (κ2) is 7.41. The summed E-state index contributed by atoms with van der Waals surface area (Å²) in [4.78, 5) is 13.3. The first-order chi connectivity index (χ1) is 5.35. The van der Waals surface area contributed by atoms with Crippen molar-refractivity contribution < 1.29 is 9.53 Å². The van der Waals surface area contributed by atoms with Crippen LogP contribution in [-0.4, -0.2) is 25.5 Å². The average molecular weight is 158 g/mol. The maximum atomic E-state index is 9.85. The van der Waals surface area contributed by atoms with Crippen LogP contribution in [-0.2, 0) is 9.53 Å². The average Bonchev–Trinajstić information content (AvgIpc) is 2.01. The molecular weight excluding hydrogens is 144 g/mol. The number of aliphatic imine (C=N–C) groups is 1. The Morgan fingerprint density at radius 2 is 2.45 bits per heavy atom. The predicted molar refractivity (Wildman–Crippen MR) is 41.8 cm³/mol. The molecule has 0 fully saturated rings. The molecule has 0 aliphatic rings. The first kappa shape index (κ1) is 10.3. The molecule has 4 nitrogen and oxygen atoms in total. The minimum Gasteiger partial charge on any atom is -0.356 e. The van der Waals surface area contributed by atoms with Gasteiger partial charge in [0.2, 0.25) is 6.08 Å². The van der Waals surface area contributed by atoms with E-state index in [1.54, 1.807) is 0 Å². The summed E-state index contributed by atoms with van der Waals surface area (Å²) in [6, 6.07) is 0. The lowest BCUT2D eigenvalue weighted by Crippen LogP contribution is -2.12. The van der Waals surface area contributed by atoms with Gasteiger partial charge in [-0.15, -0.1) is 0 Å². The molecule has 1 atom stereocenters. The Labute approximate surface area is 66.4 Å². The van der Waals surface area contributed by atoms with Crippen LogP contribution in [0, 0.1) is 0 Å². The molecule has 11 heavy (non-hydrogen) atoms. The Kier molecular flexibility index (Phi) is 6.94. The second-order valence-electron chi connectivity index (χ2n) is 2.06. The fourth-order valence-corrected chi connectivity index (χ4v) is 0.729. The zero-order chi connectivity index (χ0) is 8.53. The van der Waals surface area contributed by atoms with Crippen LogP contribution in [0.5, 0.6) is 0 Å². The number of nitrogens with two attached hydrogens (primary N) is 1. The van der Waals surface area contributed by atoms with E-state index in [4.69, 9.17) is 10.5 Å². The SMILES string of the molecule is CCOC(CCCN)N=C=O. The van der Waals surface area contributed by atoms with Crippen molar-refractivity contribution in [3.8, 4) is 0 Å². The molecule has 0 aromatic carbocycles. The van der Waals surface area contributed by atoms with E-state index in [1.807, 2.05) is 6.92 Å². The summed E-state index contributed by atoms with van der Waals surface area (Å²) in [5.41, 5.74) is 5.27. The van der Waals surface area contributed by atoms with Crippen molar-refractivity contribution in [1.82, 2.24) is 0 Å². The van der Waals surface area contributed by atoms with E-state index < -0.39 is 0 Å². The Balaban J connectivity index is 3.59. The first-order valence-corrected chi connectivity index (χ1v) is 3.73. The molecule has 0 heterocycles. The summed E-state index contributed by atoms with van der Waals surface area (Å²) >= 11 is 0. The Hall–Kier alpha value is -0.700. The van der Waals surface area contributed by atoms with E-state index in [2.05, 4.69) is 4.99 Å². The van der Waals surface area contributed by atoms with Gasteiger partial charge in [-0.05, 0) is 26.3 Å². The van der Waals surface area contributed by atoms with Gasteiger partial charge in [-0.1, -0.05) is 0 Å². The van der Waals surface area contributed by atoms with Gasteiger partial charge in [-0.3, -0.25) is 0 Å². The van der Waals surface area contributed by atoms with Crippen LogP contribution in [0.25, 0.3) is 0 Å². The van der Waals surface area contributed by atoms with Gasteiger partial charge in [0.15, 0.2) is 6.23 Å². The summed E-state index contributed by atoms with van der Waals surface area (Å²) in [6.07, 6.45) is 2.63. The van der Waals surface area contributed by atoms with Crippen molar-refractivity contribution in [2.75, 3.05) is 13.2 Å². The molecule has 1 unspecified atom stereocenters. The third-order valence-electron chi connectivity index (χ3n) is 1.21. The van der Waals surface area contributed by atoms with Crippen molar-refractivity contribution in [2.45, 2.75) is 26.0 Å². The number of carbonyl (C=O) groups excluding carboxylic acids is 1. The summed E-state index contributed by atoms with van der Waals surface area (Å²) < 4.78 is 5.10. The van der Waals surface area contributed by atoms with Crippen molar-refractivity contribution in [2.24, 2.45) is 10.7 Å². The highest BCUT2D eigenvalue weighted by atomic mass is 16.5. The van der Waals surface area contributed by atoms with Gasteiger partial charge < -0.3 is 10.5 Å². The smallest absolute Gasteiger partial charge is 0.237 e. The largest absolute Gasteiger partial charge is 0.356 e. The number of nitrogens with zero attached hydrogens (tertiary/aromatic N) is 1. The van der Waals surface area contributed by atoms with Crippen LogP contribution >= 0.6 is 0 Å². The Morgan fingerprint density at radius 1 is 1.73 bits per heavy atom. The van der Waals surface area contributed by atoms with Gasteiger partial charge in [-0.25, -0.2) is 4.79 Å². The number of hydrogen-bond donors (Lipinski definition) is 1. The highest BCUT2D eigenvalue weighted by Gasteiger charge is 2.03. The van der Waals surface area contributed by atoms with Crippen LogP contribution < -0.4 is 5.73 Å². The van der Waals surface area contributed by atoms with Gasteiger partial charge >= 0.3 is 0 Å². The molecule has 0 radical (unpaired) electrons. The lowest BCUT2D eigenvalue weighted by Gasteiger charge is -2.08. The summed E-state index contributed by atoms with van der Waals surface area (Å²) in [6.45, 7) is 3.01. The molecule has 0 bridgehead atoms. The first-order valence-electron chi connectivity index (χ1n) is 3.73. The highest BCUT2D eigenvalue weighted by Crippen LogP contribution is 2.01. The predicted octanol–water partition coefficient (Wildman–Crippen LogP) is 0.424. The molecule has 0 rings (SSSR count). The summed E-state index contributed by atoms with van der Waals surface area (Å²) in [7, 11) is 0. The molecule has 2 N–H and O–H groups in total. The van der Waals surface area contributed by atoms with Crippen LogP contribution in [0.1, 0.15) is 19.8 Å². The Morgan fingerprint density at radius 3 is 2.91 bits per heavy atom. The van der Waals surface area contributed by atoms with Crippen LogP contribution in [0.3, 0.4) is 0 Å². The zero-order valence-electron chi connectivity index (χ0n) is 6.75. The van der Waals surface area contributed by atoms with Gasteiger partial charge in [-0.2, -0.15) is 4.99 Å². The topological polar surface area (TPSA) is 64.7 Å². The van der Waals surface area contributed by atoms with Crippen molar-refractivity contribution >= 4 is 6.08 Å². The number of isocyanates is 1. The van der Waals surface area contributed by atoms with Crippen molar-refractivity contribution in [3.05, 3.63) is 0 Å². The molecular formula is C7H14N2O2. The molecule has 0 saturated heterocycles. The van der Waals surface area contributed by atoms with E-state index in [1.165, 1.54) is 6.08 Å². The van der Waals surface area contributed by atoms with E-state index >= 15 is 0 Å². The van der Waals surface area contributed by atoms with E-state index in [0.29, 0.717) is 19.6 Å². The van der Waals surface area contributed by atoms with Crippen molar-refractivity contribution in [3.63, 3.8) is 0 Å². The van der Waals surface area contributed by atoms with E-state index in [-0.39, 0.29) is 6.23 Å². The highest BCUT2D eigenvalue weighted by molar-refractivity contribution is 5.33. The third-order valence-corrected chi connectivity index (χ3v) is 1.21. The summed E-state index contributed by atoms with van der Waals surface area (Å²) in [5.74, 6) is 0. The lowest BCUT2D eigenvalue weighted by molar-refractivity contribution is 0.0625. The fraction of sp³-hybridized carbons (Fsp3) is 0.857. The second-order valence-corrected chi connectivity index (χ2v) is 2.06. The standard InChI is InChI=1S/C7H14N2O2/c1-2-11-7(9-6-10)4-3-5-8/h7H,2-5,8H2,1H3. The third kappa shape index (κ3) is 5.73. The summed E-state index contributed by atoms with van der Waals surface area (Å²) in [5, 5.41) is 0. The van der Waals surface area contributed by atoms with E-state index in [9.17, 15) is 4.79 Å². The van der Waals surface area contributed by atoms with Crippen LogP contribution in [0.2, 0.25) is 0 Å². The lowest BCUT2D eigenvalue weighted by atomic mass is 10.3. The molecule has 0 amide bonds. The van der Waals surface area contributed by atoms with Gasteiger partial charge in [0.05, 0.1) is 0 Å². The number of rotatable bonds is 6. The monoisotopic (exact) mass is 158 g/mol. The van der Waals surface area contributed by atoms with Crippen LogP contribution in [0.4, 0.5) is 0 Å². The van der Waals surface area contributed by atoms with Gasteiger partial charge in [0.25, 0.3) is 0 Å². The number of ether oxygens (including phenoxy) is 1. The molecule has 0 spiro atoms. The quantitative estimate of drug-likeness (QED) is 0.450. The fourth-order valence-electron chi connectivity index (χ4n) is 0.729. The van der Waals surface area contributed by atoms with Crippen molar-refractivity contribution in [1.29, 1.82) is 0 Å².